The molecule has 6 heteroatoms. The SMILES string of the molecule is C1=Cc2nc1cc1ccc(cc3ccc(cc4ccc(cc5nc2C=C5)[nH]4)[nH]3)[nH]1.[Co]. The zero-order valence-corrected chi connectivity index (χ0v) is 16.9. The molecule has 0 spiro atoms. The maximum absolute atomic E-state index is 4.71. The molecule has 0 fully saturated rings. The maximum atomic E-state index is 4.71. The van der Waals surface area contributed by atoms with Gasteiger partial charge in [0.15, 0.2) is 0 Å². The van der Waals surface area contributed by atoms with Crippen molar-refractivity contribution >= 4 is 57.4 Å². The second-order valence-electron chi connectivity index (χ2n) is 7.19. The monoisotopic (exact) mass is 434 g/mol. The summed E-state index contributed by atoms with van der Waals surface area (Å²) in [7, 11) is 0. The van der Waals surface area contributed by atoms with Crippen LogP contribution in [0.1, 0.15) is 22.8 Å². The minimum absolute atomic E-state index is 0. The Morgan fingerprint density at radius 2 is 0.767 bits per heavy atom. The summed E-state index contributed by atoms with van der Waals surface area (Å²) in [6.45, 7) is 0. The van der Waals surface area contributed by atoms with Crippen LogP contribution in [0.25, 0.3) is 57.4 Å². The molecule has 3 N–H and O–H groups in total. The molecule has 6 heterocycles. The molecule has 1 radical (unpaired) electrons. The van der Waals surface area contributed by atoms with Crippen LogP contribution < -0.4 is 0 Å². The van der Waals surface area contributed by atoms with Gasteiger partial charge in [-0.05, 0) is 85.0 Å². The Balaban J connectivity index is 0.00000193. The van der Waals surface area contributed by atoms with Crippen LogP contribution in [-0.2, 0) is 16.8 Å². The second-order valence-corrected chi connectivity index (χ2v) is 7.19. The zero-order valence-electron chi connectivity index (χ0n) is 15.8. The first-order valence-corrected chi connectivity index (χ1v) is 9.51. The number of aromatic amines is 3. The van der Waals surface area contributed by atoms with Crippen LogP contribution in [0.4, 0.5) is 0 Å². The molecule has 0 saturated heterocycles. The summed E-state index contributed by atoms with van der Waals surface area (Å²) >= 11 is 0. The third kappa shape index (κ3) is 3.54. The number of hydrogen-bond acceptors (Lipinski definition) is 2. The average Bonchev–Trinajstić information content (AvgIpc) is 3.50. The Hall–Kier alpha value is -3.61. The summed E-state index contributed by atoms with van der Waals surface area (Å²) in [4.78, 5) is 19.7. The Bertz CT molecular complexity index is 1400. The van der Waals surface area contributed by atoms with Crippen molar-refractivity contribution in [2.75, 3.05) is 0 Å². The Morgan fingerprint density at radius 1 is 0.433 bits per heavy atom. The third-order valence-corrected chi connectivity index (χ3v) is 5.01. The van der Waals surface area contributed by atoms with Crippen molar-refractivity contribution in [2.45, 2.75) is 0 Å². The van der Waals surface area contributed by atoms with Gasteiger partial charge in [0.05, 0.1) is 22.8 Å². The van der Waals surface area contributed by atoms with Crippen LogP contribution in [0.5, 0.6) is 0 Å². The summed E-state index contributed by atoms with van der Waals surface area (Å²) in [5.41, 5.74) is 9.77. The predicted molar refractivity (Wildman–Crippen MR) is 120 cm³/mol. The van der Waals surface area contributed by atoms with Crippen molar-refractivity contribution < 1.29 is 16.8 Å². The number of H-pyrrole nitrogens is 3. The van der Waals surface area contributed by atoms with Crippen molar-refractivity contribution in [1.29, 1.82) is 0 Å². The van der Waals surface area contributed by atoms with Crippen molar-refractivity contribution in [1.82, 2.24) is 24.9 Å². The third-order valence-electron chi connectivity index (χ3n) is 5.01. The minimum atomic E-state index is 0. The molecule has 10 bridgehead atoms. The molecule has 0 aliphatic carbocycles. The van der Waals surface area contributed by atoms with Gasteiger partial charge in [0.1, 0.15) is 0 Å². The van der Waals surface area contributed by atoms with Crippen LogP contribution in [0.3, 0.4) is 0 Å². The Kier molecular flexibility index (Phi) is 4.50. The van der Waals surface area contributed by atoms with Gasteiger partial charge < -0.3 is 15.0 Å². The largest absolute Gasteiger partial charge is 0.355 e. The summed E-state index contributed by atoms with van der Waals surface area (Å²) in [6.07, 6.45) is 8.05. The fraction of sp³-hybridized carbons (Fsp3) is 0. The molecule has 0 amide bonds. The van der Waals surface area contributed by atoms with Gasteiger partial charge in [-0.3, -0.25) is 0 Å². The quantitative estimate of drug-likeness (QED) is 0.287. The number of aromatic nitrogens is 5. The van der Waals surface area contributed by atoms with Gasteiger partial charge in [-0.15, -0.1) is 0 Å². The van der Waals surface area contributed by atoms with Crippen molar-refractivity contribution in [3.63, 3.8) is 0 Å². The van der Waals surface area contributed by atoms with Gasteiger partial charge >= 0.3 is 0 Å². The van der Waals surface area contributed by atoms with E-state index in [1.54, 1.807) is 0 Å². The number of nitrogens with one attached hydrogen (secondary N) is 3. The number of hydrogen-bond donors (Lipinski definition) is 3. The van der Waals surface area contributed by atoms with Crippen LogP contribution in [0.2, 0.25) is 0 Å². The van der Waals surface area contributed by atoms with Crippen molar-refractivity contribution in [3.8, 4) is 0 Å². The molecule has 0 saturated carbocycles. The molecular formula is C24H17CoN5. The first-order valence-electron chi connectivity index (χ1n) is 9.51. The van der Waals surface area contributed by atoms with Crippen LogP contribution in [-0.4, -0.2) is 24.9 Å². The molecule has 0 aromatic carbocycles. The van der Waals surface area contributed by atoms with E-state index in [0.29, 0.717) is 0 Å². The van der Waals surface area contributed by atoms with Crippen LogP contribution >= 0.6 is 0 Å². The van der Waals surface area contributed by atoms with Crippen molar-refractivity contribution in [2.24, 2.45) is 0 Å². The van der Waals surface area contributed by atoms with E-state index in [1.165, 1.54) is 0 Å². The van der Waals surface area contributed by atoms with E-state index in [-0.39, 0.29) is 16.8 Å². The molecule has 0 atom stereocenters. The Morgan fingerprint density at radius 3 is 1.13 bits per heavy atom. The zero-order chi connectivity index (χ0) is 19.2. The average molecular weight is 434 g/mol. The molecule has 2 aliphatic heterocycles. The fourth-order valence-corrected chi connectivity index (χ4v) is 3.65. The van der Waals surface area contributed by atoms with Gasteiger partial charge in [-0.25, -0.2) is 9.97 Å². The van der Waals surface area contributed by atoms with E-state index >= 15 is 0 Å². The van der Waals surface area contributed by atoms with E-state index in [1.807, 2.05) is 36.4 Å². The normalized spacial score (nSPS) is 12.1. The van der Waals surface area contributed by atoms with Gasteiger partial charge in [-0.2, -0.15) is 0 Å². The van der Waals surface area contributed by atoms with E-state index < -0.39 is 0 Å². The topological polar surface area (TPSA) is 73.2 Å². The van der Waals surface area contributed by atoms with Crippen LogP contribution in [0.15, 0.2) is 60.7 Å². The molecule has 2 aliphatic rings. The fourth-order valence-electron chi connectivity index (χ4n) is 3.65. The molecule has 5 nitrogen and oxygen atoms in total. The van der Waals surface area contributed by atoms with Gasteiger partial charge in [0, 0.05) is 49.9 Å². The number of rotatable bonds is 0. The van der Waals surface area contributed by atoms with Gasteiger partial charge in [-0.1, -0.05) is 0 Å². The Labute approximate surface area is 182 Å². The second kappa shape index (κ2) is 7.33. The van der Waals surface area contributed by atoms with Gasteiger partial charge in [0.25, 0.3) is 0 Å². The molecule has 4 aromatic rings. The molecule has 6 rings (SSSR count). The number of nitrogens with zero attached hydrogens (tertiary/aromatic N) is 2. The first-order chi connectivity index (χ1) is 14.3. The predicted octanol–water partition coefficient (Wildman–Crippen LogP) is 5.70. The van der Waals surface area contributed by atoms with E-state index in [0.717, 1.165) is 55.9 Å². The smallest absolute Gasteiger partial charge is 0.0894 e. The minimum Gasteiger partial charge on any atom is -0.355 e. The summed E-state index contributed by atoms with van der Waals surface area (Å²) in [5, 5.41) is 0. The summed E-state index contributed by atoms with van der Waals surface area (Å²) in [6, 6.07) is 20.7. The number of fused-ring (bicyclic) bond motifs is 11. The maximum Gasteiger partial charge on any atom is 0.0894 e. The molecule has 0 unspecified atom stereocenters. The molecular weight excluding hydrogens is 417 g/mol. The van der Waals surface area contributed by atoms with Gasteiger partial charge in [0.2, 0.25) is 0 Å². The van der Waals surface area contributed by atoms with Crippen molar-refractivity contribution in [3.05, 3.63) is 83.4 Å². The standard InChI is InChI=1S/C24H17N5.Co/c1-2-16-12-18-4-6-20(27-18)14-22-8-10-24(29-22)23-9-7-21(28-23)13-19-5-3-17(26-19)11-15(1)25-16;/h1-14,25-27H;. The molecule has 30 heavy (non-hydrogen) atoms. The van der Waals surface area contributed by atoms with E-state index in [4.69, 9.17) is 9.97 Å². The van der Waals surface area contributed by atoms with Crippen LogP contribution in [0, 0.1) is 0 Å². The summed E-state index contributed by atoms with van der Waals surface area (Å²) < 4.78 is 0. The van der Waals surface area contributed by atoms with E-state index in [2.05, 4.69) is 63.5 Å². The van der Waals surface area contributed by atoms with E-state index in [9.17, 15) is 0 Å². The molecule has 147 valence electrons. The molecule has 4 aromatic heterocycles. The first kappa shape index (κ1) is 18.4. The summed E-state index contributed by atoms with van der Waals surface area (Å²) in [5.74, 6) is 0.